The largest absolute Gasteiger partial charge is 0.357 e. The number of likely N-dealkylation sites (N-methyl/N-ethyl adjacent to an activating group) is 1. The molecule has 1 aliphatic heterocycles. The fourth-order valence-corrected chi connectivity index (χ4v) is 4.50. The molecule has 1 aromatic heterocycles. The lowest BCUT2D eigenvalue weighted by Crippen LogP contribution is -2.54. The van der Waals surface area contributed by atoms with Gasteiger partial charge in [-0.2, -0.15) is 5.26 Å². The molecule has 4 rings (SSSR count). The van der Waals surface area contributed by atoms with E-state index >= 15 is 0 Å². The van der Waals surface area contributed by atoms with Gasteiger partial charge in [-0.15, -0.1) is 0 Å². The van der Waals surface area contributed by atoms with Crippen LogP contribution in [0.15, 0.2) is 72.9 Å². The first-order chi connectivity index (χ1) is 17.9. The molecule has 2 aromatic carbocycles. The first kappa shape index (κ1) is 25.9. The van der Waals surface area contributed by atoms with Crippen molar-refractivity contribution in [3.63, 3.8) is 0 Å². The number of carbonyl (C=O) groups is 2. The molecule has 8 nitrogen and oxygen atoms in total. The van der Waals surface area contributed by atoms with Crippen LogP contribution in [0.4, 0.5) is 11.5 Å². The molecular weight excluding hydrogens is 464 g/mol. The number of aromatic nitrogens is 1. The molecule has 1 fully saturated rings. The van der Waals surface area contributed by atoms with Crippen molar-refractivity contribution in [1.82, 2.24) is 15.2 Å². The maximum Gasteiger partial charge on any atom is 0.247 e. The summed E-state index contributed by atoms with van der Waals surface area (Å²) in [5, 5.41) is 15.4. The fraction of sp³-hybridized carbons (Fsp3) is 0.310. The quantitative estimate of drug-likeness (QED) is 0.493. The van der Waals surface area contributed by atoms with Crippen LogP contribution in [0.5, 0.6) is 0 Å². The first-order valence-electron chi connectivity index (χ1n) is 12.4. The Balaban J connectivity index is 1.44. The third-order valence-electron chi connectivity index (χ3n) is 6.84. The molecule has 2 heterocycles. The topological polar surface area (TPSA) is 101 Å². The molecule has 0 bridgehead atoms. The number of hydrogen-bond acceptors (Lipinski definition) is 6. The van der Waals surface area contributed by atoms with Crippen LogP contribution in [-0.4, -0.2) is 54.4 Å². The predicted molar refractivity (Wildman–Crippen MR) is 144 cm³/mol. The normalized spacial score (nSPS) is 17.1. The second-order valence-electron chi connectivity index (χ2n) is 9.41. The van der Waals surface area contributed by atoms with Gasteiger partial charge in [-0.3, -0.25) is 9.59 Å². The Hall–Kier alpha value is -4.22. The van der Waals surface area contributed by atoms with Gasteiger partial charge >= 0.3 is 0 Å². The van der Waals surface area contributed by atoms with E-state index in [9.17, 15) is 9.59 Å². The maximum absolute atomic E-state index is 13.4. The summed E-state index contributed by atoms with van der Waals surface area (Å²) in [4.78, 5) is 33.9. The molecule has 190 valence electrons. The summed E-state index contributed by atoms with van der Waals surface area (Å²) < 4.78 is 0. The molecule has 3 aromatic rings. The Morgan fingerprint density at radius 2 is 1.81 bits per heavy atom. The molecule has 0 unspecified atom stereocenters. The minimum Gasteiger partial charge on any atom is -0.357 e. The van der Waals surface area contributed by atoms with Crippen LogP contribution in [0.3, 0.4) is 0 Å². The second-order valence-corrected chi connectivity index (χ2v) is 9.41. The number of nitriles is 1. The van der Waals surface area contributed by atoms with E-state index in [4.69, 9.17) is 5.26 Å². The molecule has 3 atom stereocenters. The molecule has 1 aliphatic rings. The van der Waals surface area contributed by atoms with Crippen LogP contribution in [-0.2, 0) is 9.59 Å². The van der Waals surface area contributed by atoms with Gasteiger partial charge in [0.1, 0.15) is 17.9 Å². The average molecular weight is 497 g/mol. The number of carbonyl (C=O) groups excluding carboxylic acids is 2. The van der Waals surface area contributed by atoms with Crippen molar-refractivity contribution in [2.45, 2.75) is 31.8 Å². The summed E-state index contributed by atoms with van der Waals surface area (Å²) in [7, 11) is 1.81. The number of nitrogens with zero attached hydrogens (tertiary/aromatic N) is 4. The number of piperazine rings is 1. The third kappa shape index (κ3) is 6.13. The number of hydrogen-bond donors (Lipinski definition) is 2. The first-order valence-corrected chi connectivity index (χ1v) is 12.4. The molecule has 0 radical (unpaired) electrons. The van der Waals surface area contributed by atoms with E-state index in [0.717, 1.165) is 23.4 Å². The van der Waals surface area contributed by atoms with Crippen LogP contribution < -0.4 is 15.5 Å². The Bertz CT molecular complexity index is 1250. The van der Waals surface area contributed by atoms with Crippen LogP contribution in [0.1, 0.15) is 42.5 Å². The number of nitrogens with one attached hydrogen (secondary N) is 2. The SMILES string of the molecule is C[C@H](CN[C@H](C(=O)Nc1ccc(N2CCN(C)C(=O)[C@@H]2C)cn1)c1ccccc1)c1ccc(C#N)cc1. The lowest BCUT2D eigenvalue weighted by atomic mass is 9.98. The maximum atomic E-state index is 13.4. The van der Waals surface area contributed by atoms with Crippen molar-refractivity contribution in [1.29, 1.82) is 5.26 Å². The Morgan fingerprint density at radius 1 is 1.08 bits per heavy atom. The molecule has 2 amide bonds. The summed E-state index contributed by atoms with van der Waals surface area (Å²) in [6, 6.07) is 22.1. The minimum absolute atomic E-state index is 0.0793. The monoisotopic (exact) mass is 496 g/mol. The summed E-state index contributed by atoms with van der Waals surface area (Å²) in [5.74, 6) is 0.458. The van der Waals surface area contributed by atoms with Crippen molar-refractivity contribution < 1.29 is 9.59 Å². The molecule has 2 N–H and O–H groups in total. The van der Waals surface area contributed by atoms with Gasteiger partial charge in [0.15, 0.2) is 0 Å². The lowest BCUT2D eigenvalue weighted by molar-refractivity contribution is -0.132. The highest BCUT2D eigenvalue weighted by atomic mass is 16.2. The third-order valence-corrected chi connectivity index (χ3v) is 6.84. The molecular formula is C29H32N6O2. The molecule has 8 heteroatoms. The molecule has 0 aliphatic carbocycles. The molecule has 0 spiro atoms. The zero-order valence-electron chi connectivity index (χ0n) is 21.4. The van der Waals surface area contributed by atoms with Gasteiger partial charge in [0, 0.05) is 26.7 Å². The van der Waals surface area contributed by atoms with E-state index in [2.05, 4.69) is 28.6 Å². The fourth-order valence-electron chi connectivity index (χ4n) is 4.50. The Morgan fingerprint density at radius 3 is 2.46 bits per heavy atom. The van der Waals surface area contributed by atoms with Gasteiger partial charge in [-0.25, -0.2) is 4.98 Å². The van der Waals surface area contributed by atoms with Crippen molar-refractivity contribution in [3.8, 4) is 6.07 Å². The Kier molecular flexibility index (Phi) is 8.16. The lowest BCUT2D eigenvalue weighted by Gasteiger charge is -2.38. The van der Waals surface area contributed by atoms with Crippen LogP contribution in [0.2, 0.25) is 0 Å². The van der Waals surface area contributed by atoms with E-state index in [1.807, 2.05) is 67.4 Å². The van der Waals surface area contributed by atoms with Gasteiger partial charge in [0.25, 0.3) is 0 Å². The number of amides is 2. The van der Waals surface area contributed by atoms with E-state index in [0.29, 0.717) is 24.5 Å². The molecule has 37 heavy (non-hydrogen) atoms. The zero-order chi connectivity index (χ0) is 26.4. The van der Waals surface area contributed by atoms with Gasteiger partial charge < -0.3 is 20.4 Å². The highest BCUT2D eigenvalue weighted by Gasteiger charge is 2.29. The minimum atomic E-state index is -0.571. The molecule has 1 saturated heterocycles. The van der Waals surface area contributed by atoms with Crippen LogP contribution in [0, 0.1) is 11.3 Å². The van der Waals surface area contributed by atoms with E-state index in [-0.39, 0.29) is 23.8 Å². The standard InChI is InChI=1S/C29H32N6O2/c1-20(23-11-9-22(17-30)10-12-23)18-32-27(24-7-5-4-6-8-24)28(36)33-26-14-13-25(19-31-26)35-16-15-34(3)29(37)21(35)2/h4-14,19-21,27,32H,15-16,18H2,1-3H3,(H,31,33,36)/t20-,21+,27+/m1/s1. The van der Waals surface area contributed by atoms with Crippen LogP contribution >= 0.6 is 0 Å². The smallest absolute Gasteiger partial charge is 0.247 e. The van der Waals surface area contributed by atoms with E-state index in [1.165, 1.54) is 0 Å². The molecule has 0 saturated carbocycles. The van der Waals surface area contributed by atoms with Crippen LogP contribution in [0.25, 0.3) is 0 Å². The number of anilines is 2. The summed E-state index contributed by atoms with van der Waals surface area (Å²) >= 11 is 0. The number of pyridine rings is 1. The van der Waals surface area contributed by atoms with Crippen molar-refractivity contribution in [2.24, 2.45) is 0 Å². The summed E-state index contributed by atoms with van der Waals surface area (Å²) in [6.07, 6.45) is 1.70. The highest BCUT2D eigenvalue weighted by molar-refractivity contribution is 5.95. The van der Waals surface area contributed by atoms with Gasteiger partial charge in [-0.05, 0) is 48.2 Å². The predicted octanol–water partition coefficient (Wildman–Crippen LogP) is 3.69. The highest BCUT2D eigenvalue weighted by Crippen LogP contribution is 2.23. The van der Waals surface area contributed by atoms with Gasteiger partial charge in [0.2, 0.25) is 11.8 Å². The Labute approximate surface area is 217 Å². The number of benzene rings is 2. The summed E-state index contributed by atoms with van der Waals surface area (Å²) in [5.41, 5.74) is 3.42. The second kappa shape index (κ2) is 11.7. The zero-order valence-corrected chi connectivity index (χ0v) is 21.4. The van der Waals surface area contributed by atoms with Gasteiger partial charge in [-0.1, -0.05) is 49.4 Å². The van der Waals surface area contributed by atoms with Crippen molar-refractivity contribution in [2.75, 3.05) is 36.9 Å². The average Bonchev–Trinajstić information content (AvgIpc) is 2.93. The van der Waals surface area contributed by atoms with Crippen molar-refractivity contribution in [3.05, 3.63) is 89.6 Å². The summed E-state index contributed by atoms with van der Waals surface area (Å²) in [6.45, 7) is 5.93. The number of rotatable bonds is 8. The van der Waals surface area contributed by atoms with Gasteiger partial charge in [0.05, 0.1) is 23.5 Å². The van der Waals surface area contributed by atoms with E-state index < -0.39 is 6.04 Å². The van der Waals surface area contributed by atoms with E-state index in [1.54, 1.807) is 29.3 Å². The van der Waals surface area contributed by atoms with Crippen molar-refractivity contribution >= 4 is 23.3 Å².